The van der Waals surface area contributed by atoms with Crippen LogP contribution in [0.3, 0.4) is 0 Å². The zero-order valence-electron chi connectivity index (χ0n) is 14.5. The fourth-order valence-electron chi connectivity index (χ4n) is 3.22. The highest BCUT2D eigenvalue weighted by molar-refractivity contribution is 7.98. The second kappa shape index (κ2) is 7.02. The van der Waals surface area contributed by atoms with Gasteiger partial charge in [0.05, 0.1) is 0 Å². The molecule has 3 rings (SSSR count). The van der Waals surface area contributed by atoms with Crippen LogP contribution in [0.25, 0.3) is 5.69 Å². The molecule has 1 amide bonds. The van der Waals surface area contributed by atoms with Gasteiger partial charge < -0.3 is 4.90 Å². The summed E-state index contributed by atoms with van der Waals surface area (Å²) in [6, 6.07) is 5.97. The van der Waals surface area contributed by atoms with Gasteiger partial charge in [-0.3, -0.25) is 9.36 Å². The van der Waals surface area contributed by atoms with Crippen LogP contribution in [0.4, 0.5) is 26.3 Å². The van der Waals surface area contributed by atoms with Gasteiger partial charge in [-0.25, -0.2) is 4.98 Å². The maximum Gasteiger partial charge on any atom is 0.404 e. The average molecular weight is 423 g/mol. The minimum absolute atomic E-state index is 0.0124. The van der Waals surface area contributed by atoms with Crippen molar-refractivity contribution in [2.75, 3.05) is 19.3 Å². The molecule has 1 aromatic heterocycles. The monoisotopic (exact) mass is 423 g/mol. The average Bonchev–Trinajstić information content (AvgIpc) is 3.27. The van der Waals surface area contributed by atoms with Crippen LogP contribution < -0.4 is 0 Å². The Bertz CT molecular complexity index is 862. The molecule has 4 nitrogen and oxygen atoms in total. The van der Waals surface area contributed by atoms with Gasteiger partial charge in [0.15, 0.2) is 10.6 Å². The van der Waals surface area contributed by atoms with Gasteiger partial charge >= 0.3 is 12.4 Å². The van der Waals surface area contributed by atoms with Gasteiger partial charge in [0.2, 0.25) is 0 Å². The van der Waals surface area contributed by atoms with Crippen molar-refractivity contribution in [1.82, 2.24) is 14.5 Å². The van der Waals surface area contributed by atoms with E-state index in [9.17, 15) is 31.1 Å². The fourth-order valence-corrected chi connectivity index (χ4v) is 3.74. The van der Waals surface area contributed by atoms with Crippen molar-refractivity contribution < 1.29 is 31.1 Å². The van der Waals surface area contributed by atoms with Crippen LogP contribution in [-0.4, -0.2) is 52.1 Å². The van der Waals surface area contributed by atoms with Crippen molar-refractivity contribution in [1.29, 1.82) is 0 Å². The van der Waals surface area contributed by atoms with Gasteiger partial charge in [0, 0.05) is 36.7 Å². The molecule has 2 heterocycles. The van der Waals surface area contributed by atoms with E-state index in [0.29, 0.717) is 15.7 Å². The summed E-state index contributed by atoms with van der Waals surface area (Å²) in [6.07, 6.45) is -7.21. The first-order valence-corrected chi connectivity index (χ1v) is 9.33. The predicted octanol–water partition coefficient (Wildman–Crippen LogP) is 4.55. The molecular weight excluding hydrogens is 408 g/mol. The summed E-state index contributed by atoms with van der Waals surface area (Å²) in [4.78, 5) is 17.4. The summed E-state index contributed by atoms with van der Waals surface area (Å²) < 4.78 is 81.0. The smallest absolute Gasteiger partial charge is 0.337 e. The van der Waals surface area contributed by atoms with Gasteiger partial charge in [-0.1, -0.05) is 17.8 Å². The number of alkyl halides is 6. The first-order chi connectivity index (χ1) is 13.0. The molecule has 1 aromatic carbocycles. The topological polar surface area (TPSA) is 38.1 Å². The number of carbonyl (C=O) groups excluding carboxylic acids is 1. The minimum Gasteiger partial charge on any atom is -0.337 e. The molecule has 0 radical (unpaired) electrons. The molecule has 0 atom stereocenters. The van der Waals surface area contributed by atoms with Crippen LogP contribution >= 0.6 is 11.8 Å². The maximum atomic E-state index is 13.2. The Labute approximate surface area is 160 Å². The maximum absolute atomic E-state index is 13.2. The molecule has 11 heteroatoms. The summed E-state index contributed by atoms with van der Waals surface area (Å²) in [6.45, 7) is -2.06. The third-order valence-corrected chi connectivity index (χ3v) is 5.47. The first kappa shape index (κ1) is 20.6. The SMILES string of the molecule is CSc1nccn1-c1cccc(C(=O)N2CCC(C(F)(F)F)(C(F)(F)F)C2)c1. The van der Waals surface area contributed by atoms with E-state index in [4.69, 9.17) is 0 Å². The molecule has 0 N–H and O–H groups in total. The Morgan fingerprint density at radius 3 is 2.43 bits per heavy atom. The molecule has 0 bridgehead atoms. The molecule has 0 saturated carbocycles. The van der Waals surface area contributed by atoms with Crippen LogP contribution in [0.1, 0.15) is 16.8 Å². The second-order valence-electron chi connectivity index (χ2n) is 6.39. The number of carbonyl (C=O) groups is 1. The zero-order valence-corrected chi connectivity index (χ0v) is 15.3. The normalized spacial score (nSPS) is 17.2. The highest BCUT2D eigenvalue weighted by Gasteiger charge is 2.72. The third-order valence-electron chi connectivity index (χ3n) is 4.80. The third kappa shape index (κ3) is 3.36. The van der Waals surface area contributed by atoms with E-state index in [0.717, 1.165) is 0 Å². The molecule has 0 unspecified atom stereocenters. The van der Waals surface area contributed by atoms with Crippen LogP contribution in [0, 0.1) is 5.41 Å². The molecule has 152 valence electrons. The highest BCUT2D eigenvalue weighted by Crippen LogP contribution is 2.55. The van der Waals surface area contributed by atoms with Crippen molar-refractivity contribution in [3.8, 4) is 5.69 Å². The van der Waals surface area contributed by atoms with E-state index in [-0.39, 0.29) is 5.56 Å². The number of benzene rings is 1. The number of hydrogen-bond donors (Lipinski definition) is 0. The van der Waals surface area contributed by atoms with Crippen LogP contribution in [0.15, 0.2) is 41.8 Å². The molecule has 1 aliphatic rings. The number of nitrogens with zero attached hydrogens (tertiary/aromatic N) is 3. The van der Waals surface area contributed by atoms with Crippen LogP contribution in [-0.2, 0) is 0 Å². The molecule has 2 aromatic rings. The summed E-state index contributed by atoms with van der Waals surface area (Å²) in [5.41, 5.74) is -3.35. The van der Waals surface area contributed by atoms with Crippen molar-refractivity contribution in [3.63, 3.8) is 0 Å². The molecule has 0 spiro atoms. The number of hydrogen-bond acceptors (Lipinski definition) is 3. The number of imidazole rings is 1. The van der Waals surface area contributed by atoms with E-state index in [1.807, 2.05) is 0 Å². The number of rotatable bonds is 3. The number of thioether (sulfide) groups is 1. The Hall–Kier alpha value is -2.17. The minimum atomic E-state index is -5.49. The standard InChI is InChI=1S/C17H15F6N3OS/c1-28-14-24-6-8-26(14)12-4-2-3-11(9-12)13(27)25-7-5-15(10-25,16(18,19)20)17(21,22)23/h2-4,6,8-9H,5,7,10H2,1H3. The van der Waals surface area contributed by atoms with Crippen molar-refractivity contribution in [3.05, 3.63) is 42.2 Å². The van der Waals surface area contributed by atoms with E-state index in [1.54, 1.807) is 29.3 Å². The Balaban J connectivity index is 1.89. The molecular formula is C17H15F6N3OS. The largest absolute Gasteiger partial charge is 0.404 e. The van der Waals surface area contributed by atoms with E-state index >= 15 is 0 Å². The lowest BCUT2D eigenvalue weighted by Gasteiger charge is -2.33. The van der Waals surface area contributed by atoms with Gasteiger partial charge in [-0.05, 0) is 30.9 Å². The van der Waals surface area contributed by atoms with Crippen LogP contribution in [0.5, 0.6) is 0 Å². The van der Waals surface area contributed by atoms with Crippen LogP contribution in [0.2, 0.25) is 0 Å². The van der Waals surface area contributed by atoms with Gasteiger partial charge in [-0.2, -0.15) is 26.3 Å². The second-order valence-corrected chi connectivity index (χ2v) is 7.16. The molecule has 1 saturated heterocycles. The van der Waals surface area contributed by atoms with Gasteiger partial charge in [0.1, 0.15) is 0 Å². The Morgan fingerprint density at radius 1 is 1.18 bits per heavy atom. The lowest BCUT2D eigenvalue weighted by Crippen LogP contribution is -2.52. The van der Waals surface area contributed by atoms with E-state index in [1.165, 1.54) is 30.0 Å². The van der Waals surface area contributed by atoms with Crippen molar-refractivity contribution in [2.45, 2.75) is 23.9 Å². The molecule has 0 aliphatic carbocycles. The van der Waals surface area contributed by atoms with E-state index in [2.05, 4.69) is 4.98 Å². The number of aromatic nitrogens is 2. The molecule has 28 heavy (non-hydrogen) atoms. The highest BCUT2D eigenvalue weighted by atomic mass is 32.2. The van der Waals surface area contributed by atoms with Crippen molar-refractivity contribution >= 4 is 17.7 Å². The zero-order chi connectivity index (χ0) is 20.7. The van der Waals surface area contributed by atoms with Gasteiger partial charge in [-0.15, -0.1) is 0 Å². The predicted molar refractivity (Wildman–Crippen MR) is 90.4 cm³/mol. The quantitative estimate of drug-likeness (QED) is 0.537. The first-order valence-electron chi connectivity index (χ1n) is 8.11. The Morgan fingerprint density at radius 2 is 1.86 bits per heavy atom. The number of likely N-dealkylation sites (tertiary alicyclic amines) is 1. The lowest BCUT2D eigenvalue weighted by atomic mass is 9.85. The Kier molecular flexibility index (Phi) is 5.15. The number of amides is 1. The summed E-state index contributed by atoms with van der Waals surface area (Å²) in [5, 5.41) is 0.624. The molecule has 1 fully saturated rings. The van der Waals surface area contributed by atoms with E-state index < -0.39 is 43.2 Å². The number of halogens is 6. The van der Waals surface area contributed by atoms with Crippen molar-refractivity contribution in [2.24, 2.45) is 5.41 Å². The summed E-state index contributed by atoms with van der Waals surface area (Å²) in [5.74, 6) is -0.872. The van der Waals surface area contributed by atoms with Gasteiger partial charge in [0.25, 0.3) is 5.91 Å². The fraction of sp³-hybridized carbons (Fsp3) is 0.412. The summed E-state index contributed by atoms with van der Waals surface area (Å²) >= 11 is 1.35. The molecule has 1 aliphatic heterocycles. The summed E-state index contributed by atoms with van der Waals surface area (Å²) in [7, 11) is 0. The lowest BCUT2D eigenvalue weighted by molar-refractivity contribution is -0.334.